The van der Waals surface area contributed by atoms with Gasteiger partial charge in [0.2, 0.25) is 0 Å². The first-order chi connectivity index (χ1) is 13.6. The fourth-order valence-corrected chi connectivity index (χ4v) is 2.88. The number of carboxylic acids is 1. The highest BCUT2D eigenvalue weighted by Gasteiger charge is 2.18. The molecule has 144 valence electrons. The van der Waals surface area contributed by atoms with Crippen molar-refractivity contribution in [2.24, 2.45) is 0 Å². The molecule has 28 heavy (non-hydrogen) atoms. The molecule has 1 atom stereocenters. The van der Waals surface area contributed by atoms with Gasteiger partial charge in [0.05, 0.1) is 18.2 Å². The Morgan fingerprint density at radius 2 is 1.82 bits per heavy atom. The molecule has 0 fully saturated rings. The number of hydrogen-bond acceptors (Lipinski definition) is 5. The largest absolute Gasteiger partial charge is 0.487 e. The van der Waals surface area contributed by atoms with Crippen LogP contribution in [0.4, 0.5) is 0 Å². The van der Waals surface area contributed by atoms with Crippen LogP contribution >= 0.6 is 0 Å². The fraction of sp³-hybridized carbons (Fsp3) is 0.227. The molecule has 2 aromatic carbocycles. The average Bonchev–Trinajstić information content (AvgIpc) is 2.73. The van der Waals surface area contributed by atoms with Crippen molar-refractivity contribution in [2.75, 3.05) is 7.11 Å². The van der Waals surface area contributed by atoms with Gasteiger partial charge in [0.15, 0.2) is 5.82 Å². The van der Waals surface area contributed by atoms with Crippen LogP contribution in [0.1, 0.15) is 29.7 Å². The van der Waals surface area contributed by atoms with E-state index in [1.165, 1.54) is 0 Å². The number of carboxylic acid groups (broad SMARTS) is 1. The normalized spacial score (nSPS) is 11.8. The van der Waals surface area contributed by atoms with Crippen LogP contribution in [0, 0.1) is 0 Å². The summed E-state index contributed by atoms with van der Waals surface area (Å²) in [6.07, 6.45) is 1.69. The predicted octanol–water partition coefficient (Wildman–Crippen LogP) is 4.06. The van der Waals surface area contributed by atoms with Crippen LogP contribution in [0.25, 0.3) is 11.4 Å². The van der Waals surface area contributed by atoms with Crippen molar-refractivity contribution in [3.05, 3.63) is 77.6 Å². The third-order valence-electron chi connectivity index (χ3n) is 4.40. The smallest absolute Gasteiger partial charge is 0.310 e. The number of aromatic nitrogens is 2. The summed E-state index contributed by atoms with van der Waals surface area (Å²) in [4.78, 5) is 20.3. The van der Waals surface area contributed by atoms with E-state index in [1.54, 1.807) is 44.5 Å². The van der Waals surface area contributed by atoms with Crippen molar-refractivity contribution < 1.29 is 19.4 Å². The zero-order valence-corrected chi connectivity index (χ0v) is 15.8. The molecule has 6 nitrogen and oxygen atoms in total. The summed E-state index contributed by atoms with van der Waals surface area (Å²) in [5.41, 5.74) is 3.25. The zero-order chi connectivity index (χ0) is 19.9. The summed E-state index contributed by atoms with van der Waals surface area (Å²) in [6.45, 7) is 2.33. The average molecular weight is 378 g/mol. The first-order valence-electron chi connectivity index (χ1n) is 8.93. The summed E-state index contributed by atoms with van der Waals surface area (Å²) >= 11 is 0. The van der Waals surface area contributed by atoms with E-state index in [-0.39, 0.29) is 6.61 Å². The van der Waals surface area contributed by atoms with Crippen molar-refractivity contribution in [1.82, 2.24) is 9.97 Å². The Kier molecular flexibility index (Phi) is 6.34. The van der Waals surface area contributed by atoms with Crippen molar-refractivity contribution in [3.8, 4) is 17.1 Å². The van der Waals surface area contributed by atoms with Crippen LogP contribution in [0.2, 0.25) is 0 Å². The third-order valence-corrected chi connectivity index (χ3v) is 4.40. The molecule has 0 bridgehead atoms. The molecule has 1 N–H and O–H groups in total. The monoisotopic (exact) mass is 378 g/mol. The number of ether oxygens (including phenoxy) is 2. The SMILES string of the molecule is COCc1ccccc1-c1nccc(COc2ccccc2C(C)C(=O)O)n1. The van der Waals surface area contributed by atoms with Gasteiger partial charge in [0.25, 0.3) is 0 Å². The lowest BCUT2D eigenvalue weighted by Gasteiger charge is -2.14. The Morgan fingerprint density at radius 1 is 1.07 bits per heavy atom. The standard InChI is InChI=1S/C22H22N2O4/c1-15(22(25)26)18-8-5-6-10-20(18)28-14-17-11-12-23-21(24-17)19-9-4-3-7-16(19)13-27-2/h3-12,15H,13-14H2,1-2H3,(H,25,26). The summed E-state index contributed by atoms with van der Waals surface area (Å²) in [5, 5.41) is 9.29. The van der Waals surface area contributed by atoms with E-state index in [0.29, 0.717) is 29.4 Å². The first kappa shape index (κ1) is 19.5. The number of rotatable bonds is 8. The molecule has 1 unspecified atom stereocenters. The van der Waals surface area contributed by atoms with Crippen LogP contribution in [0.3, 0.4) is 0 Å². The Labute approximate surface area is 163 Å². The number of aliphatic carboxylic acids is 1. The topological polar surface area (TPSA) is 81.5 Å². The predicted molar refractivity (Wildman–Crippen MR) is 105 cm³/mol. The van der Waals surface area contributed by atoms with Crippen LogP contribution < -0.4 is 4.74 Å². The van der Waals surface area contributed by atoms with Gasteiger partial charge >= 0.3 is 5.97 Å². The van der Waals surface area contributed by atoms with Gasteiger partial charge in [-0.15, -0.1) is 0 Å². The maximum Gasteiger partial charge on any atom is 0.310 e. The Bertz CT molecular complexity index is 959. The van der Waals surface area contributed by atoms with Gasteiger partial charge in [-0.2, -0.15) is 0 Å². The first-order valence-corrected chi connectivity index (χ1v) is 8.93. The summed E-state index contributed by atoms with van der Waals surface area (Å²) in [6, 6.07) is 16.8. The van der Waals surface area contributed by atoms with Gasteiger partial charge in [-0.1, -0.05) is 42.5 Å². The maximum atomic E-state index is 11.3. The molecular weight excluding hydrogens is 356 g/mol. The molecule has 0 spiro atoms. The van der Waals surface area contributed by atoms with Gasteiger partial charge in [-0.05, 0) is 24.6 Å². The fourth-order valence-electron chi connectivity index (χ4n) is 2.88. The van der Waals surface area contributed by atoms with E-state index >= 15 is 0 Å². The van der Waals surface area contributed by atoms with Gasteiger partial charge in [-0.3, -0.25) is 4.79 Å². The minimum absolute atomic E-state index is 0.214. The molecule has 3 rings (SSSR count). The molecule has 0 saturated heterocycles. The van der Waals surface area contributed by atoms with Gasteiger partial charge in [0, 0.05) is 24.4 Å². The Morgan fingerprint density at radius 3 is 2.61 bits per heavy atom. The van der Waals surface area contributed by atoms with Crippen molar-refractivity contribution in [2.45, 2.75) is 26.1 Å². The molecule has 3 aromatic rings. The molecule has 0 saturated carbocycles. The van der Waals surface area contributed by atoms with Crippen molar-refractivity contribution >= 4 is 5.97 Å². The molecule has 6 heteroatoms. The van der Waals surface area contributed by atoms with Crippen LogP contribution in [-0.2, 0) is 22.7 Å². The highest BCUT2D eigenvalue weighted by atomic mass is 16.5. The van der Waals surface area contributed by atoms with Gasteiger partial charge in [-0.25, -0.2) is 9.97 Å². The van der Waals surface area contributed by atoms with E-state index in [4.69, 9.17) is 9.47 Å². The van der Waals surface area contributed by atoms with Gasteiger partial charge in [0.1, 0.15) is 12.4 Å². The summed E-state index contributed by atoms with van der Waals surface area (Å²) in [5.74, 6) is -0.411. The number of carbonyl (C=O) groups is 1. The summed E-state index contributed by atoms with van der Waals surface area (Å²) < 4.78 is 11.1. The minimum Gasteiger partial charge on any atom is -0.487 e. The molecule has 1 heterocycles. The van der Waals surface area contributed by atoms with Crippen molar-refractivity contribution in [1.29, 1.82) is 0 Å². The lowest BCUT2D eigenvalue weighted by Crippen LogP contribution is -2.10. The third kappa shape index (κ3) is 4.53. The van der Waals surface area contributed by atoms with Crippen LogP contribution in [0.5, 0.6) is 5.75 Å². The van der Waals surface area contributed by atoms with E-state index in [9.17, 15) is 9.90 Å². The number of para-hydroxylation sites is 1. The highest BCUT2D eigenvalue weighted by molar-refractivity contribution is 5.76. The maximum absolute atomic E-state index is 11.3. The van der Waals surface area contributed by atoms with Crippen LogP contribution in [-0.4, -0.2) is 28.2 Å². The lowest BCUT2D eigenvalue weighted by atomic mass is 10.0. The lowest BCUT2D eigenvalue weighted by molar-refractivity contribution is -0.138. The molecule has 0 aliphatic heterocycles. The molecule has 0 aliphatic rings. The molecule has 1 aromatic heterocycles. The zero-order valence-electron chi connectivity index (χ0n) is 15.8. The van der Waals surface area contributed by atoms with E-state index in [1.807, 2.05) is 30.3 Å². The second-order valence-corrected chi connectivity index (χ2v) is 6.35. The Hall–Kier alpha value is -3.25. The number of nitrogens with zero attached hydrogens (tertiary/aromatic N) is 2. The summed E-state index contributed by atoms with van der Waals surface area (Å²) in [7, 11) is 1.65. The quantitative estimate of drug-likeness (QED) is 0.637. The van der Waals surface area contributed by atoms with Crippen LogP contribution in [0.15, 0.2) is 60.8 Å². The van der Waals surface area contributed by atoms with Crippen molar-refractivity contribution in [3.63, 3.8) is 0 Å². The molecule has 0 radical (unpaired) electrons. The molecular formula is C22H22N2O4. The second-order valence-electron chi connectivity index (χ2n) is 6.35. The Balaban J connectivity index is 1.81. The highest BCUT2D eigenvalue weighted by Crippen LogP contribution is 2.27. The second kappa shape index (κ2) is 9.10. The number of benzene rings is 2. The molecule has 0 amide bonds. The van der Waals surface area contributed by atoms with E-state index < -0.39 is 11.9 Å². The molecule has 0 aliphatic carbocycles. The minimum atomic E-state index is -0.893. The van der Waals surface area contributed by atoms with Gasteiger partial charge < -0.3 is 14.6 Å². The number of methoxy groups -OCH3 is 1. The van der Waals surface area contributed by atoms with E-state index in [0.717, 1.165) is 11.1 Å². The number of hydrogen-bond donors (Lipinski definition) is 1. The van der Waals surface area contributed by atoms with E-state index in [2.05, 4.69) is 9.97 Å².